The van der Waals surface area contributed by atoms with Gasteiger partial charge in [0.25, 0.3) is 0 Å². The van der Waals surface area contributed by atoms with Crippen molar-refractivity contribution in [2.75, 3.05) is 14.2 Å². The fourth-order valence-electron chi connectivity index (χ4n) is 2.83. The third-order valence-corrected chi connectivity index (χ3v) is 4.29. The second-order valence-electron chi connectivity index (χ2n) is 5.97. The third-order valence-electron chi connectivity index (χ3n) is 4.29. The number of benzene rings is 2. The molecule has 0 spiro atoms. The number of fused-ring (bicyclic) bond motifs is 1. The molecule has 2 aromatic carbocycles. The fraction of sp³-hybridized carbons (Fsp3) is 0.250. The molecule has 3 aromatic rings. The molecular formula is C20H21NO3. The van der Waals surface area contributed by atoms with Gasteiger partial charge in [0, 0.05) is 7.05 Å². The largest absolute Gasteiger partial charge is 0.497 e. The van der Waals surface area contributed by atoms with E-state index in [0.717, 1.165) is 27.8 Å². The summed E-state index contributed by atoms with van der Waals surface area (Å²) >= 11 is 0. The first kappa shape index (κ1) is 16.1. The van der Waals surface area contributed by atoms with E-state index in [-0.39, 0.29) is 11.8 Å². The summed E-state index contributed by atoms with van der Waals surface area (Å²) in [5, 5.41) is 2.20. The predicted molar refractivity (Wildman–Crippen MR) is 94.1 cm³/mol. The summed E-state index contributed by atoms with van der Waals surface area (Å²) in [5.74, 6) is 1.47. The van der Waals surface area contributed by atoms with Crippen LogP contribution in [0.25, 0.3) is 10.8 Å². The highest BCUT2D eigenvalue weighted by Crippen LogP contribution is 2.26. The maximum absolute atomic E-state index is 12.7. The molecule has 0 aliphatic carbocycles. The highest BCUT2D eigenvalue weighted by atomic mass is 16.5. The highest BCUT2D eigenvalue weighted by molar-refractivity contribution is 5.88. The van der Waals surface area contributed by atoms with Crippen molar-refractivity contribution in [2.24, 2.45) is 0 Å². The summed E-state index contributed by atoms with van der Waals surface area (Å²) in [6.45, 7) is 2.41. The van der Waals surface area contributed by atoms with Gasteiger partial charge in [-0.25, -0.2) is 0 Å². The molecular weight excluding hydrogens is 302 g/mol. The Balaban J connectivity index is 1.79. The minimum absolute atomic E-state index is 0.0688. The number of carbonyl (C=O) groups excluding carboxylic acids is 1. The molecule has 1 heterocycles. The minimum Gasteiger partial charge on any atom is -0.497 e. The molecule has 0 saturated carbocycles. The Morgan fingerprint density at radius 3 is 2.62 bits per heavy atom. The number of ether oxygens (including phenoxy) is 1. The molecule has 4 nitrogen and oxygen atoms in total. The standard InChI is InChI=1S/C20H21NO3/c1-14(20(22)21(2)13-19-5-4-10-24-19)15-6-7-17-12-18(23-3)9-8-16(17)11-15/h4-12,14H,13H2,1-3H3/t14-/m0/s1. The van der Waals surface area contributed by atoms with Crippen molar-refractivity contribution < 1.29 is 13.9 Å². The molecule has 0 fully saturated rings. The zero-order valence-corrected chi connectivity index (χ0v) is 14.2. The molecule has 0 saturated heterocycles. The van der Waals surface area contributed by atoms with Crippen LogP contribution in [0.3, 0.4) is 0 Å². The molecule has 1 aromatic heterocycles. The van der Waals surface area contributed by atoms with Crippen LogP contribution in [-0.4, -0.2) is 25.0 Å². The summed E-state index contributed by atoms with van der Waals surface area (Å²) in [4.78, 5) is 14.4. The zero-order chi connectivity index (χ0) is 17.1. The molecule has 0 aliphatic rings. The van der Waals surface area contributed by atoms with Gasteiger partial charge in [-0.15, -0.1) is 0 Å². The van der Waals surface area contributed by atoms with E-state index < -0.39 is 0 Å². The Morgan fingerprint density at radius 2 is 1.92 bits per heavy atom. The van der Waals surface area contributed by atoms with Gasteiger partial charge in [-0.1, -0.05) is 24.3 Å². The maximum atomic E-state index is 12.7. The monoisotopic (exact) mass is 323 g/mol. The lowest BCUT2D eigenvalue weighted by Crippen LogP contribution is -2.30. The lowest BCUT2D eigenvalue weighted by molar-refractivity contribution is -0.131. The van der Waals surface area contributed by atoms with Crippen LogP contribution in [-0.2, 0) is 11.3 Å². The highest BCUT2D eigenvalue weighted by Gasteiger charge is 2.20. The number of hydrogen-bond acceptors (Lipinski definition) is 3. The molecule has 124 valence electrons. The van der Waals surface area contributed by atoms with Crippen LogP contribution in [0, 0.1) is 0 Å². The van der Waals surface area contributed by atoms with Crippen LogP contribution in [0.4, 0.5) is 0 Å². The fourth-order valence-corrected chi connectivity index (χ4v) is 2.83. The van der Waals surface area contributed by atoms with Gasteiger partial charge >= 0.3 is 0 Å². The number of rotatable bonds is 5. The number of likely N-dealkylation sites (N-methyl/N-ethyl adjacent to an activating group) is 1. The predicted octanol–water partition coefficient (Wildman–Crippen LogP) is 4.20. The molecule has 24 heavy (non-hydrogen) atoms. The van der Waals surface area contributed by atoms with Gasteiger partial charge in [0.1, 0.15) is 11.5 Å². The number of amides is 1. The van der Waals surface area contributed by atoms with E-state index in [1.807, 2.05) is 49.4 Å². The van der Waals surface area contributed by atoms with Gasteiger partial charge in [-0.3, -0.25) is 4.79 Å². The van der Waals surface area contributed by atoms with Crippen LogP contribution in [0.1, 0.15) is 24.2 Å². The molecule has 3 rings (SSSR count). The van der Waals surface area contributed by atoms with Crippen LogP contribution in [0.5, 0.6) is 5.75 Å². The minimum atomic E-state index is -0.212. The normalized spacial score (nSPS) is 12.1. The molecule has 1 atom stereocenters. The van der Waals surface area contributed by atoms with Crippen LogP contribution < -0.4 is 4.74 Å². The summed E-state index contributed by atoms with van der Waals surface area (Å²) in [7, 11) is 3.46. The van der Waals surface area contributed by atoms with Crippen molar-refractivity contribution in [3.05, 3.63) is 66.1 Å². The first-order valence-corrected chi connectivity index (χ1v) is 7.93. The quantitative estimate of drug-likeness (QED) is 0.706. The van der Waals surface area contributed by atoms with E-state index in [2.05, 4.69) is 6.07 Å². The van der Waals surface area contributed by atoms with Gasteiger partial charge in [-0.2, -0.15) is 0 Å². The molecule has 4 heteroatoms. The molecule has 0 bridgehead atoms. The maximum Gasteiger partial charge on any atom is 0.229 e. The number of carbonyl (C=O) groups is 1. The van der Waals surface area contributed by atoms with E-state index in [4.69, 9.17) is 9.15 Å². The van der Waals surface area contributed by atoms with Gasteiger partial charge < -0.3 is 14.1 Å². The smallest absolute Gasteiger partial charge is 0.229 e. The first-order chi connectivity index (χ1) is 11.6. The Kier molecular flexibility index (Phi) is 4.56. The van der Waals surface area contributed by atoms with E-state index in [0.29, 0.717) is 6.54 Å². The number of furan rings is 1. The van der Waals surface area contributed by atoms with Crippen molar-refractivity contribution in [3.8, 4) is 5.75 Å². The molecule has 0 N–H and O–H groups in total. The van der Waals surface area contributed by atoms with E-state index >= 15 is 0 Å². The summed E-state index contributed by atoms with van der Waals surface area (Å²) in [6.07, 6.45) is 1.62. The van der Waals surface area contributed by atoms with Gasteiger partial charge in [0.2, 0.25) is 5.91 Å². The van der Waals surface area contributed by atoms with Crippen LogP contribution in [0.15, 0.2) is 59.2 Å². The Labute approximate surface area is 141 Å². The second kappa shape index (κ2) is 6.79. The van der Waals surface area contributed by atoms with E-state index in [1.165, 1.54) is 0 Å². The van der Waals surface area contributed by atoms with Crippen LogP contribution in [0.2, 0.25) is 0 Å². The Bertz CT molecular complexity index is 839. The van der Waals surface area contributed by atoms with Crippen molar-refractivity contribution in [3.63, 3.8) is 0 Å². The molecule has 0 aliphatic heterocycles. The summed E-state index contributed by atoms with van der Waals surface area (Å²) in [5.41, 5.74) is 1.00. The second-order valence-corrected chi connectivity index (χ2v) is 5.97. The van der Waals surface area contributed by atoms with E-state index in [1.54, 1.807) is 25.3 Å². The lowest BCUT2D eigenvalue weighted by atomic mass is 9.96. The SMILES string of the molecule is COc1ccc2cc([C@H](C)C(=O)N(C)Cc3ccco3)ccc2c1. The van der Waals surface area contributed by atoms with Gasteiger partial charge in [-0.05, 0) is 47.5 Å². The van der Waals surface area contributed by atoms with Crippen molar-refractivity contribution in [1.82, 2.24) is 4.90 Å². The number of hydrogen-bond donors (Lipinski definition) is 0. The van der Waals surface area contributed by atoms with Crippen molar-refractivity contribution in [1.29, 1.82) is 0 Å². The van der Waals surface area contributed by atoms with Crippen molar-refractivity contribution >= 4 is 16.7 Å². The Morgan fingerprint density at radius 1 is 1.17 bits per heavy atom. The average Bonchev–Trinajstić information content (AvgIpc) is 3.12. The van der Waals surface area contributed by atoms with Crippen LogP contribution >= 0.6 is 0 Å². The number of nitrogens with zero attached hydrogens (tertiary/aromatic N) is 1. The summed E-state index contributed by atoms with van der Waals surface area (Å²) in [6, 6.07) is 15.7. The average molecular weight is 323 g/mol. The first-order valence-electron chi connectivity index (χ1n) is 7.93. The van der Waals surface area contributed by atoms with Gasteiger partial charge in [0.15, 0.2) is 0 Å². The number of methoxy groups -OCH3 is 1. The van der Waals surface area contributed by atoms with Gasteiger partial charge in [0.05, 0.1) is 25.8 Å². The van der Waals surface area contributed by atoms with E-state index in [9.17, 15) is 4.79 Å². The molecule has 0 radical (unpaired) electrons. The summed E-state index contributed by atoms with van der Waals surface area (Å²) < 4.78 is 10.6. The molecule has 1 amide bonds. The topological polar surface area (TPSA) is 42.7 Å². The Hall–Kier alpha value is -2.75. The lowest BCUT2D eigenvalue weighted by Gasteiger charge is -2.21. The van der Waals surface area contributed by atoms with Crippen molar-refractivity contribution in [2.45, 2.75) is 19.4 Å². The zero-order valence-electron chi connectivity index (χ0n) is 14.2. The molecule has 0 unspecified atom stereocenters. The third kappa shape index (κ3) is 3.27.